The first-order chi connectivity index (χ1) is 8.37. The molecule has 0 aliphatic heterocycles. The van der Waals surface area contributed by atoms with E-state index in [9.17, 15) is 4.79 Å². The van der Waals surface area contributed by atoms with Crippen LogP contribution in [0.1, 0.15) is 40.5 Å². The second-order valence-electron chi connectivity index (χ2n) is 6.77. The number of hydrogen-bond donors (Lipinski definition) is 1. The highest BCUT2D eigenvalue weighted by Gasteiger charge is 2.55. The fourth-order valence-electron chi connectivity index (χ4n) is 3.96. The lowest BCUT2D eigenvalue weighted by Gasteiger charge is -2.62. The third-order valence-electron chi connectivity index (χ3n) is 5.62. The lowest BCUT2D eigenvalue weighted by molar-refractivity contribution is -0.132. The second-order valence-corrected chi connectivity index (χ2v) is 6.77. The van der Waals surface area contributed by atoms with Gasteiger partial charge >= 0.3 is 5.91 Å². The average molecular weight is 248 g/mol. The molecular formula is C15H24N2O. The van der Waals surface area contributed by atoms with Crippen LogP contribution in [-0.2, 0) is 4.79 Å². The van der Waals surface area contributed by atoms with Crippen molar-refractivity contribution in [2.45, 2.75) is 46.6 Å². The van der Waals surface area contributed by atoms with Gasteiger partial charge in [-0.15, -0.1) is 0 Å². The van der Waals surface area contributed by atoms with Crippen molar-refractivity contribution in [3.05, 3.63) is 11.4 Å². The summed E-state index contributed by atoms with van der Waals surface area (Å²) in [6.07, 6.45) is 2.61. The average Bonchev–Trinajstić information content (AvgIpc) is 2.35. The zero-order valence-electron chi connectivity index (χ0n) is 11.9. The van der Waals surface area contributed by atoms with Gasteiger partial charge in [-0.3, -0.25) is 4.79 Å². The van der Waals surface area contributed by atoms with E-state index < -0.39 is 6.04 Å². The molecule has 0 heterocycles. The van der Waals surface area contributed by atoms with Gasteiger partial charge in [0.25, 0.3) is 6.04 Å². The molecule has 3 saturated carbocycles. The molecule has 3 heteroatoms. The van der Waals surface area contributed by atoms with E-state index in [1.54, 1.807) is 6.92 Å². The van der Waals surface area contributed by atoms with E-state index in [-0.39, 0.29) is 5.91 Å². The van der Waals surface area contributed by atoms with Gasteiger partial charge in [0.05, 0.1) is 0 Å². The monoisotopic (exact) mass is 248 g/mol. The fourth-order valence-corrected chi connectivity index (χ4v) is 3.96. The maximum atomic E-state index is 11.6. The second kappa shape index (κ2) is 4.57. The lowest BCUT2D eigenvalue weighted by atomic mass is 9.43. The molecule has 1 amide bonds. The minimum atomic E-state index is -0.546. The summed E-state index contributed by atoms with van der Waals surface area (Å²) in [4.78, 5) is 14.9. The molecule has 2 bridgehead atoms. The quantitative estimate of drug-likeness (QED) is 0.765. The van der Waals surface area contributed by atoms with Gasteiger partial charge in [-0.05, 0) is 41.9 Å². The van der Waals surface area contributed by atoms with Gasteiger partial charge in [-0.2, -0.15) is 0 Å². The number of rotatable bonds is 3. The Morgan fingerprint density at radius 1 is 1.50 bits per heavy atom. The Labute approximate surface area is 110 Å². The third kappa shape index (κ3) is 2.02. The molecule has 0 aromatic heterocycles. The van der Waals surface area contributed by atoms with E-state index >= 15 is 0 Å². The van der Waals surface area contributed by atoms with Crippen molar-refractivity contribution in [2.24, 2.45) is 29.1 Å². The predicted octanol–water partition coefficient (Wildman–Crippen LogP) is 2.73. The first-order valence-corrected chi connectivity index (χ1v) is 7.02. The standard InChI is InChI=1S/C15H24N2O/c1-9-11(8-17-14(18)10(2)16-5)6-12-7-13(9)15(12,3)4/h9-13H,6-8H2,1-4H3,(H,17,18). The number of amides is 1. The summed E-state index contributed by atoms with van der Waals surface area (Å²) in [7, 11) is 0. The van der Waals surface area contributed by atoms with Gasteiger partial charge in [0.2, 0.25) is 0 Å². The molecule has 5 unspecified atom stereocenters. The van der Waals surface area contributed by atoms with Crippen LogP contribution >= 0.6 is 0 Å². The molecule has 0 radical (unpaired) electrons. The highest BCUT2D eigenvalue weighted by atomic mass is 16.2. The number of hydrogen-bond acceptors (Lipinski definition) is 1. The highest BCUT2D eigenvalue weighted by Crippen LogP contribution is 2.62. The number of fused-ring (bicyclic) bond motifs is 2. The minimum absolute atomic E-state index is 0.115. The van der Waals surface area contributed by atoms with Crippen LogP contribution in [0.5, 0.6) is 0 Å². The van der Waals surface area contributed by atoms with Crippen molar-refractivity contribution in [1.29, 1.82) is 0 Å². The maximum absolute atomic E-state index is 11.6. The third-order valence-corrected chi connectivity index (χ3v) is 5.62. The van der Waals surface area contributed by atoms with Crippen LogP contribution in [0.25, 0.3) is 4.85 Å². The van der Waals surface area contributed by atoms with Crippen LogP contribution < -0.4 is 5.32 Å². The molecule has 0 saturated heterocycles. The Kier molecular flexibility index (Phi) is 3.40. The molecule has 0 spiro atoms. The first-order valence-electron chi connectivity index (χ1n) is 7.02. The van der Waals surface area contributed by atoms with Crippen molar-refractivity contribution < 1.29 is 4.79 Å². The Morgan fingerprint density at radius 3 is 2.67 bits per heavy atom. The fraction of sp³-hybridized carbons (Fsp3) is 0.867. The zero-order chi connectivity index (χ0) is 13.5. The van der Waals surface area contributed by atoms with Crippen LogP contribution in [0.3, 0.4) is 0 Å². The topological polar surface area (TPSA) is 33.5 Å². The molecule has 3 aliphatic carbocycles. The number of nitrogens with one attached hydrogen (secondary N) is 1. The first kappa shape index (κ1) is 13.4. The Morgan fingerprint density at radius 2 is 2.17 bits per heavy atom. The summed E-state index contributed by atoms with van der Waals surface area (Å²) >= 11 is 0. The Bertz CT molecular complexity index is 382. The molecule has 18 heavy (non-hydrogen) atoms. The smallest absolute Gasteiger partial charge is 0.302 e. The van der Waals surface area contributed by atoms with Crippen LogP contribution in [-0.4, -0.2) is 18.5 Å². The van der Waals surface area contributed by atoms with E-state index in [1.807, 2.05) is 0 Å². The molecule has 1 N–H and O–H groups in total. The molecule has 3 aliphatic rings. The summed E-state index contributed by atoms with van der Waals surface area (Å²) in [6.45, 7) is 16.4. The normalized spacial score (nSPS) is 38.2. The summed E-state index contributed by atoms with van der Waals surface area (Å²) in [5.41, 5.74) is 0.504. The van der Waals surface area contributed by atoms with Gasteiger partial charge < -0.3 is 10.2 Å². The summed E-state index contributed by atoms with van der Waals surface area (Å²) < 4.78 is 0. The van der Waals surface area contributed by atoms with Crippen molar-refractivity contribution in [1.82, 2.24) is 5.32 Å². The van der Waals surface area contributed by atoms with Crippen molar-refractivity contribution in [3.63, 3.8) is 0 Å². The van der Waals surface area contributed by atoms with E-state index in [1.165, 1.54) is 12.8 Å². The molecule has 100 valence electrons. The minimum Gasteiger partial charge on any atom is -0.349 e. The largest absolute Gasteiger partial charge is 0.349 e. The van der Waals surface area contributed by atoms with E-state index in [4.69, 9.17) is 6.57 Å². The molecule has 0 aromatic rings. The van der Waals surface area contributed by atoms with Crippen LogP contribution in [0.4, 0.5) is 0 Å². The molecule has 3 nitrogen and oxygen atoms in total. The number of carbonyl (C=O) groups excluding carboxylic acids is 1. The van der Waals surface area contributed by atoms with Gasteiger partial charge in [-0.1, -0.05) is 20.8 Å². The molecule has 3 fully saturated rings. The summed E-state index contributed by atoms with van der Waals surface area (Å²) in [5, 5.41) is 2.95. The van der Waals surface area contributed by atoms with Crippen LogP contribution in [0, 0.1) is 35.7 Å². The molecule has 5 atom stereocenters. The predicted molar refractivity (Wildman–Crippen MR) is 71.7 cm³/mol. The van der Waals surface area contributed by atoms with E-state index in [0.717, 1.165) is 18.4 Å². The van der Waals surface area contributed by atoms with E-state index in [0.29, 0.717) is 17.3 Å². The lowest BCUT2D eigenvalue weighted by Crippen LogP contribution is -2.56. The zero-order valence-corrected chi connectivity index (χ0v) is 11.9. The Hall–Kier alpha value is -1.04. The summed E-state index contributed by atoms with van der Waals surface area (Å²) in [6, 6.07) is -0.546. The van der Waals surface area contributed by atoms with Crippen molar-refractivity contribution in [2.75, 3.05) is 6.54 Å². The molecule has 0 aromatic carbocycles. The van der Waals surface area contributed by atoms with Gasteiger partial charge in [0.15, 0.2) is 0 Å². The van der Waals surface area contributed by atoms with Crippen LogP contribution in [0.2, 0.25) is 0 Å². The highest BCUT2D eigenvalue weighted by molar-refractivity contribution is 5.82. The van der Waals surface area contributed by atoms with Crippen molar-refractivity contribution in [3.8, 4) is 0 Å². The number of carbonyl (C=O) groups is 1. The van der Waals surface area contributed by atoms with Gasteiger partial charge in [0, 0.05) is 13.5 Å². The summed E-state index contributed by atoms with van der Waals surface area (Å²) in [5.74, 6) is 2.82. The van der Waals surface area contributed by atoms with Crippen LogP contribution in [0.15, 0.2) is 0 Å². The van der Waals surface area contributed by atoms with E-state index in [2.05, 4.69) is 30.9 Å². The van der Waals surface area contributed by atoms with Gasteiger partial charge in [0.1, 0.15) is 0 Å². The maximum Gasteiger partial charge on any atom is 0.302 e. The molecular weight excluding hydrogens is 224 g/mol. The SMILES string of the molecule is [C-]#[N+]C(C)C(=O)NCC1CC2CC(C1C)C2(C)C. The number of nitrogens with zero attached hydrogens (tertiary/aromatic N) is 1. The van der Waals surface area contributed by atoms with Crippen molar-refractivity contribution >= 4 is 5.91 Å². The van der Waals surface area contributed by atoms with Gasteiger partial charge in [-0.25, -0.2) is 6.57 Å². The molecule has 3 rings (SSSR count). The Balaban J connectivity index is 1.87.